The number of nitrogens with zero attached hydrogens (tertiary/aromatic N) is 2. The summed E-state index contributed by atoms with van der Waals surface area (Å²) in [5.74, 6) is 1.39. The van der Waals surface area contributed by atoms with Gasteiger partial charge in [-0.05, 0) is 48.7 Å². The summed E-state index contributed by atoms with van der Waals surface area (Å²) in [5, 5.41) is 3.06. The summed E-state index contributed by atoms with van der Waals surface area (Å²) in [7, 11) is 3.23. The van der Waals surface area contributed by atoms with E-state index < -0.39 is 0 Å². The molecule has 2 heterocycles. The molecule has 0 bridgehead atoms. The summed E-state index contributed by atoms with van der Waals surface area (Å²) in [5.41, 5.74) is 3.08. The molecule has 2 atom stereocenters. The molecule has 0 radical (unpaired) electrons. The molecule has 0 aromatic heterocycles. The van der Waals surface area contributed by atoms with Gasteiger partial charge < -0.3 is 24.6 Å². The van der Waals surface area contributed by atoms with Gasteiger partial charge >= 0.3 is 6.03 Å². The fourth-order valence-electron chi connectivity index (χ4n) is 4.34. The number of fused-ring (bicyclic) bond motifs is 1. The Morgan fingerprint density at radius 2 is 1.80 bits per heavy atom. The Labute approximate surface area is 176 Å². The van der Waals surface area contributed by atoms with Crippen LogP contribution in [0, 0.1) is 0 Å². The van der Waals surface area contributed by atoms with Crippen LogP contribution in [0.4, 0.5) is 10.5 Å². The predicted octanol–water partition coefficient (Wildman–Crippen LogP) is 3.14. The number of carbonyl (C=O) groups excluding carboxylic acids is 2. The van der Waals surface area contributed by atoms with E-state index in [1.807, 2.05) is 54.3 Å². The average molecular weight is 409 g/mol. The minimum absolute atomic E-state index is 0.0281. The summed E-state index contributed by atoms with van der Waals surface area (Å²) in [6.07, 6.45) is 1.05. The van der Waals surface area contributed by atoms with Crippen molar-refractivity contribution < 1.29 is 19.1 Å². The topological polar surface area (TPSA) is 71.1 Å². The number of hydrogen-bond donors (Lipinski definition) is 1. The van der Waals surface area contributed by atoms with Gasteiger partial charge in [0, 0.05) is 25.2 Å². The van der Waals surface area contributed by atoms with E-state index in [1.54, 1.807) is 19.1 Å². The molecule has 7 nitrogen and oxygen atoms in total. The Kier molecular flexibility index (Phi) is 5.53. The van der Waals surface area contributed by atoms with Gasteiger partial charge in [-0.3, -0.25) is 4.79 Å². The SMILES string of the molecule is COc1cc2c(cc1OC)[C@H](C)N(C(=O)N[C@H]1CC(=O)N(c3ccccc3)C1)CC2. The lowest BCUT2D eigenvalue weighted by molar-refractivity contribution is -0.117. The third-order valence-electron chi connectivity index (χ3n) is 5.97. The molecule has 1 saturated heterocycles. The first-order chi connectivity index (χ1) is 14.5. The Hall–Kier alpha value is -3.22. The molecular formula is C23H27N3O4. The molecule has 1 fully saturated rings. The zero-order valence-corrected chi connectivity index (χ0v) is 17.6. The lowest BCUT2D eigenvalue weighted by Crippen LogP contribution is -2.48. The zero-order chi connectivity index (χ0) is 21.3. The van der Waals surface area contributed by atoms with Crippen LogP contribution in [0.5, 0.6) is 11.5 Å². The highest BCUT2D eigenvalue weighted by atomic mass is 16.5. The van der Waals surface area contributed by atoms with Crippen molar-refractivity contribution in [3.63, 3.8) is 0 Å². The molecular weight excluding hydrogens is 382 g/mol. The van der Waals surface area contributed by atoms with Gasteiger partial charge in [0.25, 0.3) is 0 Å². The third kappa shape index (κ3) is 3.67. The standard InChI is InChI=1S/C23H27N3O4/c1-15-19-13-21(30-3)20(29-2)11-16(19)9-10-25(15)23(28)24-17-12-22(27)26(14-17)18-7-5-4-6-8-18/h4-8,11,13,15,17H,9-10,12,14H2,1-3H3,(H,24,28)/t15-,17-/m0/s1. The molecule has 0 spiro atoms. The van der Waals surface area contributed by atoms with Gasteiger partial charge in [-0.2, -0.15) is 0 Å². The van der Waals surface area contributed by atoms with Gasteiger partial charge in [0.15, 0.2) is 11.5 Å². The molecule has 2 aromatic carbocycles. The molecule has 0 unspecified atom stereocenters. The lowest BCUT2D eigenvalue weighted by atomic mass is 9.93. The molecule has 1 N–H and O–H groups in total. The van der Waals surface area contributed by atoms with E-state index in [-0.39, 0.29) is 24.0 Å². The van der Waals surface area contributed by atoms with Gasteiger partial charge in [-0.15, -0.1) is 0 Å². The second-order valence-electron chi connectivity index (χ2n) is 7.72. The van der Waals surface area contributed by atoms with E-state index in [2.05, 4.69) is 5.32 Å². The smallest absolute Gasteiger partial charge is 0.318 e. The molecule has 158 valence electrons. The average Bonchev–Trinajstić information content (AvgIpc) is 3.13. The van der Waals surface area contributed by atoms with Crippen molar-refractivity contribution in [3.05, 3.63) is 53.6 Å². The second-order valence-corrected chi connectivity index (χ2v) is 7.72. The number of ether oxygens (including phenoxy) is 2. The molecule has 3 amide bonds. The number of anilines is 1. The first-order valence-corrected chi connectivity index (χ1v) is 10.2. The van der Waals surface area contributed by atoms with Crippen LogP contribution < -0.4 is 19.7 Å². The quantitative estimate of drug-likeness (QED) is 0.842. The van der Waals surface area contributed by atoms with Crippen LogP contribution in [0.1, 0.15) is 30.5 Å². The zero-order valence-electron chi connectivity index (χ0n) is 17.6. The van der Waals surface area contributed by atoms with Crippen LogP contribution >= 0.6 is 0 Å². The number of para-hydroxylation sites is 1. The number of urea groups is 1. The summed E-state index contributed by atoms with van der Waals surface area (Å²) < 4.78 is 10.8. The van der Waals surface area contributed by atoms with Crippen LogP contribution in [-0.2, 0) is 11.2 Å². The van der Waals surface area contributed by atoms with Crippen molar-refractivity contribution in [1.82, 2.24) is 10.2 Å². The number of benzene rings is 2. The molecule has 2 aromatic rings. The second kappa shape index (κ2) is 8.26. The minimum atomic E-state index is -0.204. The first-order valence-electron chi connectivity index (χ1n) is 10.2. The summed E-state index contributed by atoms with van der Waals surface area (Å²) in [6, 6.07) is 13.1. The Morgan fingerprint density at radius 1 is 1.10 bits per heavy atom. The van der Waals surface area contributed by atoms with Crippen LogP contribution in [0.25, 0.3) is 0 Å². The lowest BCUT2D eigenvalue weighted by Gasteiger charge is -2.36. The highest BCUT2D eigenvalue weighted by molar-refractivity contribution is 5.96. The Morgan fingerprint density at radius 3 is 2.50 bits per heavy atom. The predicted molar refractivity (Wildman–Crippen MR) is 114 cm³/mol. The number of nitrogens with one attached hydrogen (secondary N) is 1. The maximum absolute atomic E-state index is 13.0. The molecule has 7 heteroatoms. The van der Waals surface area contributed by atoms with Crippen molar-refractivity contribution in [2.45, 2.75) is 31.8 Å². The van der Waals surface area contributed by atoms with E-state index in [0.717, 1.165) is 23.2 Å². The normalized spacial score (nSPS) is 20.7. The largest absolute Gasteiger partial charge is 0.493 e. The van der Waals surface area contributed by atoms with Crippen molar-refractivity contribution in [2.24, 2.45) is 0 Å². The number of amides is 3. The van der Waals surface area contributed by atoms with Crippen molar-refractivity contribution in [2.75, 3.05) is 32.2 Å². The fourth-order valence-corrected chi connectivity index (χ4v) is 4.34. The Balaban J connectivity index is 1.45. The van der Waals surface area contributed by atoms with Crippen LogP contribution in [0.3, 0.4) is 0 Å². The maximum Gasteiger partial charge on any atom is 0.318 e. The van der Waals surface area contributed by atoms with E-state index in [9.17, 15) is 9.59 Å². The van der Waals surface area contributed by atoms with E-state index >= 15 is 0 Å². The highest BCUT2D eigenvalue weighted by Crippen LogP contribution is 2.38. The number of methoxy groups -OCH3 is 2. The molecule has 0 saturated carbocycles. The maximum atomic E-state index is 13.0. The van der Waals surface area contributed by atoms with Gasteiger partial charge in [0.1, 0.15) is 0 Å². The summed E-state index contributed by atoms with van der Waals surface area (Å²) in [4.78, 5) is 29.0. The molecule has 2 aliphatic rings. The van der Waals surface area contributed by atoms with Crippen LogP contribution in [-0.4, -0.2) is 50.2 Å². The number of hydrogen-bond acceptors (Lipinski definition) is 4. The van der Waals surface area contributed by atoms with Gasteiger partial charge in [0.2, 0.25) is 5.91 Å². The summed E-state index contributed by atoms with van der Waals surface area (Å²) >= 11 is 0. The van der Waals surface area contributed by atoms with Crippen LogP contribution in [0.15, 0.2) is 42.5 Å². The van der Waals surface area contributed by atoms with Gasteiger partial charge in [-0.1, -0.05) is 18.2 Å². The summed E-state index contributed by atoms with van der Waals surface area (Å²) in [6.45, 7) is 3.11. The van der Waals surface area contributed by atoms with Crippen molar-refractivity contribution in [3.8, 4) is 11.5 Å². The first kappa shape index (κ1) is 20.1. The third-order valence-corrected chi connectivity index (χ3v) is 5.97. The molecule has 30 heavy (non-hydrogen) atoms. The fraction of sp³-hybridized carbons (Fsp3) is 0.391. The number of rotatable bonds is 4. The van der Waals surface area contributed by atoms with Gasteiger partial charge in [-0.25, -0.2) is 4.79 Å². The van der Waals surface area contributed by atoms with E-state index in [1.165, 1.54) is 0 Å². The molecule has 2 aliphatic heterocycles. The van der Waals surface area contributed by atoms with E-state index in [4.69, 9.17) is 9.47 Å². The highest BCUT2D eigenvalue weighted by Gasteiger charge is 2.35. The molecule has 4 rings (SSSR count). The van der Waals surface area contributed by atoms with Gasteiger partial charge in [0.05, 0.1) is 26.3 Å². The minimum Gasteiger partial charge on any atom is -0.493 e. The Bertz CT molecular complexity index is 947. The van der Waals surface area contributed by atoms with Crippen molar-refractivity contribution >= 4 is 17.6 Å². The molecule has 0 aliphatic carbocycles. The van der Waals surface area contributed by atoms with Crippen molar-refractivity contribution in [1.29, 1.82) is 0 Å². The number of carbonyl (C=O) groups is 2. The monoisotopic (exact) mass is 409 g/mol. The van der Waals surface area contributed by atoms with E-state index in [0.29, 0.717) is 31.0 Å². The van der Waals surface area contributed by atoms with Crippen LogP contribution in [0.2, 0.25) is 0 Å².